The minimum atomic E-state index is -0.0878. The number of amides is 2. The Bertz CT molecular complexity index is 947. The van der Waals surface area contributed by atoms with Crippen LogP contribution in [-0.2, 0) is 16.1 Å². The number of hydrazone groups is 1. The summed E-state index contributed by atoms with van der Waals surface area (Å²) in [6.07, 6.45) is 3.65. The standard InChI is InChI=1S/C25H31N5O2/c1-29(16-8-13-21-17-23(27-26-21)20-11-6-3-7-12-20)25(32)22-14-15-24(31)30(28-22)18-19-9-4-2-5-10-19/h2-7,9-12,21,23,26-27H,8,13-18H2,1H3. The van der Waals surface area contributed by atoms with Crippen molar-refractivity contribution in [3.8, 4) is 0 Å². The number of hydrogen-bond acceptors (Lipinski definition) is 5. The van der Waals surface area contributed by atoms with E-state index in [-0.39, 0.29) is 11.8 Å². The van der Waals surface area contributed by atoms with Crippen molar-refractivity contribution in [2.75, 3.05) is 13.6 Å². The molecule has 2 aliphatic heterocycles. The van der Waals surface area contributed by atoms with Crippen LogP contribution in [0.3, 0.4) is 0 Å². The zero-order valence-electron chi connectivity index (χ0n) is 18.5. The van der Waals surface area contributed by atoms with Crippen molar-refractivity contribution in [2.45, 2.75) is 50.7 Å². The topological polar surface area (TPSA) is 77.0 Å². The molecular weight excluding hydrogens is 402 g/mol. The Morgan fingerprint density at radius 2 is 1.78 bits per heavy atom. The first-order chi connectivity index (χ1) is 15.6. The molecule has 2 aromatic rings. The Kier molecular flexibility index (Phi) is 7.29. The van der Waals surface area contributed by atoms with Crippen LogP contribution < -0.4 is 10.9 Å². The highest BCUT2D eigenvalue weighted by atomic mass is 16.2. The van der Waals surface area contributed by atoms with E-state index >= 15 is 0 Å². The lowest BCUT2D eigenvalue weighted by Gasteiger charge is -2.25. The average molecular weight is 434 g/mol. The third kappa shape index (κ3) is 5.60. The van der Waals surface area contributed by atoms with Gasteiger partial charge in [0.2, 0.25) is 5.91 Å². The van der Waals surface area contributed by atoms with Crippen molar-refractivity contribution >= 4 is 17.5 Å². The number of nitrogens with one attached hydrogen (secondary N) is 2. The molecule has 168 valence electrons. The highest BCUT2D eigenvalue weighted by molar-refractivity contribution is 6.39. The molecule has 7 nitrogen and oxygen atoms in total. The second kappa shape index (κ2) is 10.5. The van der Waals surface area contributed by atoms with E-state index in [1.165, 1.54) is 10.6 Å². The number of carbonyl (C=O) groups is 2. The summed E-state index contributed by atoms with van der Waals surface area (Å²) in [5, 5.41) is 5.82. The van der Waals surface area contributed by atoms with Crippen molar-refractivity contribution in [3.63, 3.8) is 0 Å². The smallest absolute Gasteiger partial charge is 0.269 e. The molecule has 0 radical (unpaired) electrons. The van der Waals surface area contributed by atoms with Gasteiger partial charge in [0.15, 0.2) is 0 Å². The number of carbonyl (C=O) groups excluding carboxylic acids is 2. The Labute approximate surface area is 189 Å². The molecular formula is C25H31N5O2. The van der Waals surface area contributed by atoms with E-state index in [4.69, 9.17) is 0 Å². The van der Waals surface area contributed by atoms with Crippen LogP contribution in [-0.4, -0.2) is 47.1 Å². The molecule has 0 saturated carbocycles. The molecule has 1 saturated heterocycles. The zero-order valence-corrected chi connectivity index (χ0v) is 18.5. The highest BCUT2D eigenvalue weighted by Gasteiger charge is 2.27. The molecule has 0 aliphatic carbocycles. The Hall–Kier alpha value is -3.03. The largest absolute Gasteiger partial charge is 0.341 e. The van der Waals surface area contributed by atoms with Crippen LogP contribution >= 0.6 is 0 Å². The van der Waals surface area contributed by atoms with Gasteiger partial charge in [0.05, 0.1) is 6.54 Å². The third-order valence-corrected chi connectivity index (χ3v) is 6.10. The maximum Gasteiger partial charge on any atom is 0.269 e. The van der Waals surface area contributed by atoms with Crippen LogP contribution in [0.4, 0.5) is 0 Å². The number of hydrogen-bond donors (Lipinski definition) is 2. The molecule has 32 heavy (non-hydrogen) atoms. The van der Waals surface area contributed by atoms with Gasteiger partial charge in [-0.25, -0.2) is 5.01 Å². The van der Waals surface area contributed by atoms with Crippen LogP contribution in [0.5, 0.6) is 0 Å². The lowest BCUT2D eigenvalue weighted by molar-refractivity contribution is -0.132. The molecule has 2 heterocycles. The molecule has 1 fully saturated rings. The molecule has 0 spiro atoms. The van der Waals surface area contributed by atoms with Crippen molar-refractivity contribution in [3.05, 3.63) is 71.8 Å². The monoisotopic (exact) mass is 433 g/mol. The van der Waals surface area contributed by atoms with Crippen LogP contribution in [0.25, 0.3) is 0 Å². The maximum absolute atomic E-state index is 12.9. The van der Waals surface area contributed by atoms with Crippen molar-refractivity contribution < 1.29 is 9.59 Å². The molecule has 4 rings (SSSR count). The molecule has 2 atom stereocenters. The summed E-state index contributed by atoms with van der Waals surface area (Å²) >= 11 is 0. The fourth-order valence-corrected chi connectivity index (χ4v) is 4.25. The fourth-order valence-electron chi connectivity index (χ4n) is 4.25. The quantitative estimate of drug-likeness (QED) is 0.671. The van der Waals surface area contributed by atoms with Crippen molar-refractivity contribution in [1.82, 2.24) is 20.8 Å². The first-order valence-corrected chi connectivity index (χ1v) is 11.3. The van der Waals surface area contributed by atoms with E-state index < -0.39 is 0 Å². The van der Waals surface area contributed by atoms with Gasteiger partial charge in [0, 0.05) is 38.5 Å². The Morgan fingerprint density at radius 1 is 1.06 bits per heavy atom. The Balaban J connectivity index is 1.25. The van der Waals surface area contributed by atoms with Crippen LogP contribution in [0.2, 0.25) is 0 Å². The molecule has 0 aromatic heterocycles. The average Bonchev–Trinajstić information content (AvgIpc) is 3.30. The summed E-state index contributed by atoms with van der Waals surface area (Å²) in [6.45, 7) is 1.06. The van der Waals surface area contributed by atoms with Crippen molar-refractivity contribution in [2.24, 2.45) is 5.10 Å². The predicted octanol–water partition coefficient (Wildman–Crippen LogP) is 3.01. The van der Waals surface area contributed by atoms with Gasteiger partial charge in [0.1, 0.15) is 5.71 Å². The van der Waals surface area contributed by atoms with E-state index in [1.807, 2.05) is 43.4 Å². The first-order valence-electron chi connectivity index (χ1n) is 11.3. The number of benzene rings is 2. The number of nitrogens with zero attached hydrogens (tertiary/aromatic N) is 3. The molecule has 7 heteroatoms. The second-order valence-electron chi connectivity index (χ2n) is 8.54. The minimum Gasteiger partial charge on any atom is -0.341 e. The van der Waals surface area contributed by atoms with Crippen LogP contribution in [0, 0.1) is 0 Å². The summed E-state index contributed by atoms with van der Waals surface area (Å²) < 4.78 is 0. The van der Waals surface area contributed by atoms with Gasteiger partial charge in [-0.3, -0.25) is 20.4 Å². The molecule has 2 aliphatic rings. The van der Waals surface area contributed by atoms with Gasteiger partial charge >= 0.3 is 0 Å². The minimum absolute atomic E-state index is 0.0409. The summed E-state index contributed by atoms with van der Waals surface area (Å²) in [5.74, 6) is -0.129. The molecule has 2 N–H and O–H groups in total. The number of hydrazine groups is 1. The molecule has 2 unspecified atom stereocenters. The van der Waals surface area contributed by atoms with E-state index in [0.29, 0.717) is 43.7 Å². The maximum atomic E-state index is 12.9. The fraction of sp³-hybridized carbons (Fsp3) is 0.400. The summed E-state index contributed by atoms with van der Waals surface area (Å²) in [5.41, 5.74) is 9.52. The van der Waals surface area contributed by atoms with Gasteiger partial charge in [-0.1, -0.05) is 60.7 Å². The first kappa shape index (κ1) is 22.2. The van der Waals surface area contributed by atoms with E-state index in [9.17, 15) is 9.59 Å². The molecule has 2 amide bonds. The van der Waals surface area contributed by atoms with Crippen LogP contribution in [0.1, 0.15) is 49.3 Å². The predicted molar refractivity (Wildman–Crippen MR) is 124 cm³/mol. The van der Waals surface area contributed by atoms with Crippen molar-refractivity contribution in [1.29, 1.82) is 0 Å². The third-order valence-electron chi connectivity index (χ3n) is 6.10. The van der Waals surface area contributed by atoms with Gasteiger partial charge in [-0.15, -0.1) is 0 Å². The zero-order chi connectivity index (χ0) is 22.3. The highest BCUT2D eigenvalue weighted by Crippen LogP contribution is 2.24. The summed E-state index contributed by atoms with van der Waals surface area (Å²) in [6, 6.07) is 20.9. The second-order valence-corrected chi connectivity index (χ2v) is 8.54. The van der Waals surface area contributed by atoms with E-state index in [1.54, 1.807) is 4.90 Å². The Morgan fingerprint density at radius 3 is 2.53 bits per heavy atom. The van der Waals surface area contributed by atoms with E-state index in [2.05, 4.69) is 40.2 Å². The van der Waals surface area contributed by atoms with Gasteiger partial charge in [-0.05, 0) is 30.4 Å². The van der Waals surface area contributed by atoms with Gasteiger partial charge < -0.3 is 4.90 Å². The van der Waals surface area contributed by atoms with E-state index in [0.717, 1.165) is 24.8 Å². The SMILES string of the molecule is CN(CCCC1CC(c2ccccc2)NN1)C(=O)C1=NN(Cc2ccccc2)C(=O)CC1. The lowest BCUT2D eigenvalue weighted by atomic mass is 10.00. The lowest BCUT2D eigenvalue weighted by Crippen LogP contribution is -2.40. The normalized spacial score (nSPS) is 20.8. The number of rotatable bonds is 8. The molecule has 0 bridgehead atoms. The van der Waals surface area contributed by atoms with Gasteiger partial charge in [-0.2, -0.15) is 5.10 Å². The summed E-state index contributed by atoms with van der Waals surface area (Å²) in [7, 11) is 1.82. The van der Waals surface area contributed by atoms with Crippen LogP contribution in [0.15, 0.2) is 65.8 Å². The summed E-state index contributed by atoms with van der Waals surface area (Å²) in [4.78, 5) is 26.9. The van der Waals surface area contributed by atoms with Gasteiger partial charge in [0.25, 0.3) is 5.91 Å². The molecule has 2 aromatic carbocycles.